The number of ether oxygens (including phenoxy) is 1. The first kappa shape index (κ1) is 20.5. The van der Waals surface area contributed by atoms with Crippen LogP contribution < -0.4 is 5.32 Å². The van der Waals surface area contributed by atoms with Crippen molar-refractivity contribution >= 4 is 59.6 Å². The minimum atomic E-state index is -3.36. The van der Waals surface area contributed by atoms with E-state index in [4.69, 9.17) is 9.57 Å². The van der Waals surface area contributed by atoms with Gasteiger partial charge >= 0.3 is 0 Å². The molecule has 0 spiro atoms. The fraction of sp³-hybridized carbons (Fsp3) is 0.368. The molecular formula is C19H18N4O5S3. The van der Waals surface area contributed by atoms with E-state index in [1.807, 2.05) is 0 Å². The molecule has 0 unspecified atom stereocenters. The number of hydrogen-bond donors (Lipinski definition) is 1. The molecule has 1 aliphatic carbocycles. The summed E-state index contributed by atoms with van der Waals surface area (Å²) in [6.07, 6.45) is 3.43. The number of rotatable bonds is 7. The maximum absolute atomic E-state index is 13.1. The normalized spacial score (nSPS) is 19.6. The number of aromatic nitrogens is 2. The number of thiophene rings is 1. The number of anilines is 1. The molecule has 0 radical (unpaired) electrons. The first-order valence-corrected chi connectivity index (χ1v) is 12.9. The van der Waals surface area contributed by atoms with E-state index in [1.54, 1.807) is 24.4 Å². The Balaban J connectivity index is 1.42. The lowest BCUT2D eigenvalue weighted by Gasteiger charge is -2.08. The van der Waals surface area contributed by atoms with Gasteiger partial charge in [0.25, 0.3) is 5.91 Å². The van der Waals surface area contributed by atoms with Crippen LogP contribution in [-0.4, -0.2) is 54.6 Å². The van der Waals surface area contributed by atoms with Gasteiger partial charge in [-0.05, 0) is 37.1 Å². The van der Waals surface area contributed by atoms with Gasteiger partial charge in [-0.2, -0.15) is 0 Å². The molecule has 1 aliphatic heterocycles. The van der Waals surface area contributed by atoms with Crippen LogP contribution in [0.15, 0.2) is 39.8 Å². The Labute approximate surface area is 186 Å². The van der Waals surface area contributed by atoms with Crippen molar-refractivity contribution in [3.63, 3.8) is 0 Å². The molecule has 1 saturated heterocycles. The van der Waals surface area contributed by atoms with Gasteiger partial charge in [0.15, 0.2) is 26.8 Å². The number of pyridine rings is 1. The summed E-state index contributed by atoms with van der Waals surface area (Å²) in [6, 6.07) is 6.69. The third-order valence-electron chi connectivity index (χ3n) is 4.84. The number of amides is 1. The van der Waals surface area contributed by atoms with Crippen molar-refractivity contribution in [2.75, 3.05) is 18.5 Å². The minimum Gasteiger partial charge on any atom is -0.389 e. The highest BCUT2D eigenvalue weighted by Crippen LogP contribution is 2.36. The number of oxime groups is 1. The summed E-state index contributed by atoms with van der Waals surface area (Å²) in [5, 5.41) is 6.86. The van der Waals surface area contributed by atoms with Crippen LogP contribution in [-0.2, 0) is 24.2 Å². The van der Waals surface area contributed by atoms with Gasteiger partial charge in [-0.25, -0.2) is 18.4 Å². The summed E-state index contributed by atoms with van der Waals surface area (Å²) in [5.41, 5.74) is 0.677. The van der Waals surface area contributed by atoms with Crippen molar-refractivity contribution in [2.45, 2.75) is 34.8 Å². The molecule has 31 heavy (non-hydrogen) atoms. The molecule has 12 heteroatoms. The van der Waals surface area contributed by atoms with Crippen molar-refractivity contribution < 1.29 is 22.8 Å². The lowest BCUT2D eigenvalue weighted by molar-refractivity contribution is -0.110. The van der Waals surface area contributed by atoms with Gasteiger partial charge in [0.2, 0.25) is 0 Å². The van der Waals surface area contributed by atoms with Crippen LogP contribution >= 0.6 is 22.7 Å². The molecule has 3 aromatic rings. The number of hydrogen-bond acceptors (Lipinski definition) is 10. The second-order valence-corrected chi connectivity index (χ2v) is 11.7. The van der Waals surface area contributed by atoms with Crippen LogP contribution in [0.3, 0.4) is 0 Å². The van der Waals surface area contributed by atoms with Crippen molar-refractivity contribution in [1.82, 2.24) is 9.97 Å². The van der Waals surface area contributed by atoms with Crippen molar-refractivity contribution in [3.8, 4) is 0 Å². The van der Waals surface area contributed by atoms with Gasteiger partial charge in [0, 0.05) is 12.6 Å². The smallest absolute Gasteiger partial charge is 0.280 e. The maximum atomic E-state index is 13.1. The highest BCUT2D eigenvalue weighted by molar-refractivity contribution is 7.94. The highest BCUT2D eigenvalue weighted by Gasteiger charge is 2.38. The van der Waals surface area contributed by atoms with Gasteiger partial charge in [0.1, 0.15) is 14.6 Å². The van der Waals surface area contributed by atoms with E-state index in [2.05, 4.69) is 20.4 Å². The Bertz CT molecular complexity index is 1220. The quantitative estimate of drug-likeness (QED) is 0.409. The summed E-state index contributed by atoms with van der Waals surface area (Å²) < 4.78 is 30.6. The Morgan fingerprint density at radius 2 is 2.10 bits per heavy atom. The average Bonchev–Trinajstić information content (AvgIpc) is 3.15. The lowest BCUT2D eigenvalue weighted by atomic mass is 10.3. The van der Waals surface area contributed by atoms with Crippen molar-refractivity contribution in [2.24, 2.45) is 5.16 Å². The number of carbonyl (C=O) groups excluding carboxylic acids is 1. The van der Waals surface area contributed by atoms with E-state index in [0.29, 0.717) is 52.8 Å². The molecule has 1 atom stereocenters. The summed E-state index contributed by atoms with van der Waals surface area (Å²) in [6.45, 7) is 0.969. The summed E-state index contributed by atoms with van der Waals surface area (Å²) in [4.78, 5) is 28.3. The van der Waals surface area contributed by atoms with Gasteiger partial charge in [0.05, 0.1) is 23.3 Å². The Morgan fingerprint density at radius 3 is 2.84 bits per heavy atom. The van der Waals surface area contributed by atoms with Crippen LogP contribution in [0.4, 0.5) is 5.13 Å². The zero-order valence-corrected chi connectivity index (χ0v) is 18.6. The first-order valence-electron chi connectivity index (χ1n) is 9.69. The number of nitrogens with one attached hydrogen (secondary N) is 1. The molecule has 0 aromatic carbocycles. The summed E-state index contributed by atoms with van der Waals surface area (Å²) in [5.74, 6) is -0.532. The van der Waals surface area contributed by atoms with Crippen molar-refractivity contribution in [3.05, 3.63) is 35.3 Å². The van der Waals surface area contributed by atoms with E-state index in [0.717, 1.165) is 11.3 Å². The second kappa shape index (κ2) is 8.26. The third kappa shape index (κ3) is 4.33. The van der Waals surface area contributed by atoms with Crippen LogP contribution in [0.5, 0.6) is 0 Å². The number of carbonyl (C=O) groups is 1. The van der Waals surface area contributed by atoms with E-state index in [-0.39, 0.29) is 21.3 Å². The lowest BCUT2D eigenvalue weighted by Crippen LogP contribution is -2.24. The van der Waals surface area contributed by atoms with Crippen molar-refractivity contribution in [1.29, 1.82) is 0 Å². The Morgan fingerprint density at radius 1 is 1.23 bits per heavy atom. The standard InChI is InChI=1S/C19H18N4O5S3/c24-17(22-19-21-13-2-1-8-20-18(13)30-19)16(23-28-11-7-9-27-10-11)14-5-6-15(29-14)31(25,26)12-3-4-12/h1-2,5-6,8,11-12H,3-4,7,9-10H2,(H,21,22,24)/b23-16+/t11-/m1/s1. The van der Waals surface area contributed by atoms with Gasteiger partial charge in [-0.15, -0.1) is 11.3 Å². The zero-order chi connectivity index (χ0) is 21.4. The van der Waals surface area contributed by atoms with Crippen LogP contribution in [0, 0.1) is 0 Å². The molecule has 2 aliphatic rings. The molecule has 1 saturated carbocycles. The topological polar surface area (TPSA) is 120 Å². The summed E-state index contributed by atoms with van der Waals surface area (Å²) >= 11 is 2.26. The molecule has 162 valence electrons. The third-order valence-corrected chi connectivity index (χ3v) is 9.62. The van der Waals surface area contributed by atoms with Crippen LogP contribution in [0.2, 0.25) is 0 Å². The van der Waals surface area contributed by atoms with Gasteiger partial charge < -0.3 is 9.57 Å². The molecule has 3 aromatic heterocycles. The van der Waals surface area contributed by atoms with Gasteiger partial charge in [-0.3, -0.25) is 10.1 Å². The number of thiazole rings is 1. The van der Waals surface area contributed by atoms with E-state index in [9.17, 15) is 13.2 Å². The van der Waals surface area contributed by atoms with E-state index in [1.165, 1.54) is 17.4 Å². The highest BCUT2D eigenvalue weighted by atomic mass is 32.2. The Kier molecular flexibility index (Phi) is 5.46. The predicted octanol–water partition coefficient (Wildman–Crippen LogP) is 2.84. The largest absolute Gasteiger partial charge is 0.389 e. The molecule has 5 rings (SSSR count). The zero-order valence-electron chi connectivity index (χ0n) is 16.2. The number of fused-ring (bicyclic) bond motifs is 1. The molecule has 4 heterocycles. The fourth-order valence-corrected chi connectivity index (χ4v) is 7.05. The fourth-order valence-electron chi connectivity index (χ4n) is 3.04. The van der Waals surface area contributed by atoms with Crippen LogP contribution in [0.1, 0.15) is 24.1 Å². The maximum Gasteiger partial charge on any atom is 0.280 e. The molecule has 0 bridgehead atoms. The first-order chi connectivity index (χ1) is 15.0. The molecular weight excluding hydrogens is 460 g/mol. The molecule has 1 N–H and O–H groups in total. The van der Waals surface area contributed by atoms with E-state index >= 15 is 0 Å². The van der Waals surface area contributed by atoms with Gasteiger partial charge in [-0.1, -0.05) is 16.5 Å². The monoisotopic (exact) mass is 478 g/mol. The summed E-state index contributed by atoms with van der Waals surface area (Å²) in [7, 11) is -3.36. The van der Waals surface area contributed by atoms with Crippen LogP contribution in [0.25, 0.3) is 10.3 Å². The Hall–Kier alpha value is -2.41. The minimum absolute atomic E-state index is 0.00126. The average molecular weight is 479 g/mol. The molecule has 2 fully saturated rings. The van der Waals surface area contributed by atoms with E-state index < -0.39 is 15.7 Å². The number of sulfone groups is 1. The number of nitrogens with zero attached hydrogens (tertiary/aromatic N) is 3. The molecule has 9 nitrogen and oxygen atoms in total. The predicted molar refractivity (Wildman–Crippen MR) is 117 cm³/mol. The molecule has 1 amide bonds. The SMILES string of the molecule is O=C(Nc1nc2cccnc2s1)/C(=N/O[C@@H]1CCOC1)c1ccc(S(=O)(=O)C2CC2)s1. The second-order valence-electron chi connectivity index (χ2n) is 7.19.